The van der Waals surface area contributed by atoms with Crippen LogP contribution in [0.5, 0.6) is 0 Å². The van der Waals surface area contributed by atoms with Crippen LogP contribution >= 0.6 is 0 Å². The Morgan fingerprint density at radius 2 is 1.90 bits per heavy atom. The number of hydrogen-bond donors (Lipinski definition) is 3. The highest BCUT2D eigenvalue weighted by molar-refractivity contribution is 5.67. The number of benzene rings is 1. The Morgan fingerprint density at radius 1 is 1.24 bits per heavy atom. The van der Waals surface area contributed by atoms with Crippen molar-refractivity contribution in [1.29, 1.82) is 0 Å². The molecule has 1 rings (SSSR count). The maximum Gasteiger partial charge on any atom is 0.407 e. The average molecular weight is 294 g/mol. The molecule has 0 fully saturated rings. The molecular weight excluding hydrogens is 268 g/mol. The van der Waals surface area contributed by atoms with E-state index >= 15 is 0 Å². The first-order valence-corrected chi connectivity index (χ1v) is 7.28. The van der Waals surface area contributed by atoms with E-state index in [0.29, 0.717) is 13.1 Å². The van der Waals surface area contributed by atoms with Gasteiger partial charge in [0.15, 0.2) is 0 Å². The Balaban J connectivity index is 2.20. The molecule has 0 heterocycles. The van der Waals surface area contributed by atoms with Crippen LogP contribution in [-0.4, -0.2) is 36.5 Å². The molecule has 0 aliphatic carbocycles. The lowest BCUT2D eigenvalue weighted by atomic mass is 10.1. The van der Waals surface area contributed by atoms with E-state index in [1.54, 1.807) is 0 Å². The molecule has 0 aliphatic heterocycles. The largest absolute Gasteiger partial charge is 0.444 e. The summed E-state index contributed by atoms with van der Waals surface area (Å²) in [6.45, 7) is 6.79. The molecule has 1 atom stereocenters. The molecule has 1 amide bonds. The normalized spacial score (nSPS) is 12.8. The van der Waals surface area contributed by atoms with Crippen LogP contribution in [0.1, 0.15) is 38.8 Å². The summed E-state index contributed by atoms with van der Waals surface area (Å²) < 4.78 is 5.15. The van der Waals surface area contributed by atoms with Gasteiger partial charge < -0.3 is 20.5 Å². The summed E-state index contributed by atoms with van der Waals surface area (Å²) in [4.78, 5) is 11.4. The number of carbonyl (C=O) groups is 1. The molecule has 0 saturated carbocycles. The maximum absolute atomic E-state index is 11.4. The van der Waals surface area contributed by atoms with Crippen molar-refractivity contribution in [1.82, 2.24) is 10.6 Å². The van der Waals surface area contributed by atoms with Crippen LogP contribution in [-0.2, 0) is 4.74 Å². The van der Waals surface area contributed by atoms with Gasteiger partial charge in [0, 0.05) is 6.54 Å². The number of aliphatic hydroxyl groups is 1. The second-order valence-electron chi connectivity index (χ2n) is 5.88. The first-order chi connectivity index (χ1) is 9.92. The highest BCUT2D eigenvalue weighted by Gasteiger charge is 2.15. The molecule has 3 N–H and O–H groups in total. The zero-order valence-electron chi connectivity index (χ0n) is 13.1. The number of hydrogen-bond acceptors (Lipinski definition) is 4. The van der Waals surface area contributed by atoms with E-state index in [1.165, 1.54) is 0 Å². The summed E-state index contributed by atoms with van der Waals surface area (Å²) in [6, 6.07) is 9.73. The Morgan fingerprint density at radius 3 is 2.48 bits per heavy atom. The number of ether oxygens (including phenoxy) is 1. The van der Waals surface area contributed by atoms with E-state index < -0.39 is 11.7 Å². The van der Waals surface area contributed by atoms with E-state index in [-0.39, 0.29) is 12.6 Å². The predicted octanol–water partition coefficient (Wildman–Crippen LogP) is 2.22. The Kier molecular flexibility index (Phi) is 7.19. The van der Waals surface area contributed by atoms with Crippen molar-refractivity contribution in [2.75, 3.05) is 19.7 Å². The summed E-state index contributed by atoms with van der Waals surface area (Å²) in [5.74, 6) is 0. The van der Waals surface area contributed by atoms with Gasteiger partial charge in [0.25, 0.3) is 0 Å². The fraction of sp³-hybridized carbons (Fsp3) is 0.562. The van der Waals surface area contributed by atoms with Crippen LogP contribution in [0, 0.1) is 0 Å². The maximum atomic E-state index is 11.4. The highest BCUT2D eigenvalue weighted by atomic mass is 16.6. The quantitative estimate of drug-likeness (QED) is 0.674. The molecule has 0 saturated heterocycles. The zero-order valence-corrected chi connectivity index (χ0v) is 13.1. The fourth-order valence-corrected chi connectivity index (χ4v) is 1.84. The second kappa shape index (κ2) is 8.64. The van der Waals surface area contributed by atoms with Crippen LogP contribution < -0.4 is 10.6 Å². The van der Waals surface area contributed by atoms with Gasteiger partial charge in [-0.2, -0.15) is 0 Å². The second-order valence-corrected chi connectivity index (χ2v) is 5.88. The van der Waals surface area contributed by atoms with Crippen molar-refractivity contribution in [2.24, 2.45) is 0 Å². The third-order valence-electron chi connectivity index (χ3n) is 2.80. The fourth-order valence-electron chi connectivity index (χ4n) is 1.84. The molecule has 5 nitrogen and oxygen atoms in total. The van der Waals surface area contributed by atoms with E-state index in [0.717, 1.165) is 12.0 Å². The van der Waals surface area contributed by atoms with Gasteiger partial charge >= 0.3 is 6.09 Å². The van der Waals surface area contributed by atoms with E-state index in [4.69, 9.17) is 4.74 Å². The van der Waals surface area contributed by atoms with E-state index in [2.05, 4.69) is 10.6 Å². The van der Waals surface area contributed by atoms with Gasteiger partial charge in [-0.3, -0.25) is 0 Å². The molecule has 5 heteroatoms. The molecule has 0 bridgehead atoms. The van der Waals surface area contributed by atoms with Crippen molar-refractivity contribution in [3.8, 4) is 0 Å². The van der Waals surface area contributed by atoms with Crippen LogP contribution in [0.15, 0.2) is 30.3 Å². The lowest BCUT2D eigenvalue weighted by molar-refractivity contribution is 0.0527. The molecule has 0 radical (unpaired) electrons. The summed E-state index contributed by atoms with van der Waals surface area (Å²) in [5.41, 5.74) is 0.581. The number of nitrogens with one attached hydrogen (secondary N) is 2. The van der Waals surface area contributed by atoms with E-state index in [1.807, 2.05) is 51.1 Å². The van der Waals surface area contributed by atoms with Crippen molar-refractivity contribution < 1.29 is 14.6 Å². The number of rotatable bonds is 7. The van der Waals surface area contributed by atoms with Crippen LogP contribution in [0.3, 0.4) is 0 Å². The molecule has 0 unspecified atom stereocenters. The average Bonchev–Trinajstić information content (AvgIpc) is 2.42. The number of aliphatic hydroxyl groups excluding tert-OH is 1. The minimum absolute atomic E-state index is 0.0451. The minimum atomic E-state index is -0.475. The van der Waals surface area contributed by atoms with Crippen molar-refractivity contribution in [2.45, 2.75) is 38.8 Å². The first-order valence-electron chi connectivity index (χ1n) is 7.28. The molecule has 1 aromatic rings. The lowest BCUT2D eigenvalue weighted by Gasteiger charge is -2.20. The monoisotopic (exact) mass is 294 g/mol. The third kappa shape index (κ3) is 7.68. The molecule has 1 aromatic carbocycles. The van der Waals surface area contributed by atoms with Gasteiger partial charge in [0.2, 0.25) is 0 Å². The van der Waals surface area contributed by atoms with Gasteiger partial charge in [-0.05, 0) is 39.3 Å². The van der Waals surface area contributed by atoms with Gasteiger partial charge in [-0.25, -0.2) is 4.79 Å². The van der Waals surface area contributed by atoms with Crippen molar-refractivity contribution in [3.05, 3.63) is 35.9 Å². The van der Waals surface area contributed by atoms with Gasteiger partial charge in [-0.15, -0.1) is 0 Å². The summed E-state index contributed by atoms with van der Waals surface area (Å²) in [6.07, 6.45) is 0.368. The zero-order chi connectivity index (χ0) is 15.7. The van der Waals surface area contributed by atoms with Crippen LogP contribution in [0.2, 0.25) is 0 Å². The lowest BCUT2D eigenvalue weighted by Crippen LogP contribution is -2.34. The van der Waals surface area contributed by atoms with Crippen molar-refractivity contribution >= 4 is 6.09 Å². The molecule has 118 valence electrons. The highest BCUT2D eigenvalue weighted by Crippen LogP contribution is 2.11. The van der Waals surface area contributed by atoms with Gasteiger partial charge in [0.05, 0.1) is 12.6 Å². The number of carbonyl (C=O) groups excluding carboxylic acids is 1. The summed E-state index contributed by atoms with van der Waals surface area (Å²) >= 11 is 0. The topological polar surface area (TPSA) is 70.6 Å². The smallest absolute Gasteiger partial charge is 0.407 e. The first kappa shape index (κ1) is 17.5. The van der Waals surface area contributed by atoms with Crippen LogP contribution in [0.4, 0.5) is 4.79 Å². The predicted molar refractivity (Wildman–Crippen MR) is 83.1 cm³/mol. The Hall–Kier alpha value is -1.59. The summed E-state index contributed by atoms with van der Waals surface area (Å²) in [7, 11) is 0. The number of amides is 1. The standard InChI is InChI=1S/C16H26N2O3/c1-16(2,3)21-15(20)18-11-7-10-17-14(12-19)13-8-5-4-6-9-13/h4-6,8-9,14,17,19H,7,10-12H2,1-3H3,(H,18,20)/t14-/m0/s1. The minimum Gasteiger partial charge on any atom is -0.444 e. The molecular formula is C16H26N2O3. The molecule has 0 aromatic heterocycles. The van der Waals surface area contributed by atoms with Crippen LogP contribution in [0.25, 0.3) is 0 Å². The SMILES string of the molecule is CC(C)(C)OC(=O)NCCCN[C@@H](CO)c1ccccc1. The Bertz CT molecular complexity index is 415. The molecule has 0 spiro atoms. The third-order valence-corrected chi connectivity index (χ3v) is 2.80. The Labute approximate surface area is 126 Å². The molecule has 21 heavy (non-hydrogen) atoms. The summed E-state index contributed by atoms with van der Waals surface area (Å²) in [5, 5.41) is 15.4. The van der Waals surface area contributed by atoms with Gasteiger partial charge in [-0.1, -0.05) is 30.3 Å². The number of alkyl carbamates (subject to hydrolysis) is 1. The van der Waals surface area contributed by atoms with Crippen molar-refractivity contribution in [3.63, 3.8) is 0 Å². The van der Waals surface area contributed by atoms with E-state index in [9.17, 15) is 9.90 Å². The molecule has 0 aliphatic rings. The van der Waals surface area contributed by atoms with Gasteiger partial charge in [0.1, 0.15) is 5.60 Å².